The molecule has 1 aromatic rings. The number of benzene rings is 1. The molecule has 2 fully saturated rings. The predicted molar refractivity (Wildman–Crippen MR) is 81.9 cm³/mol. The standard InChI is InChI=1S/C17H23FN2O2/c1-12-10-20(11-17(12,22)14-6-7-14)16(21)19-9-8-13-4-2-3-5-15(13)18/h2-5,12,14,22H,6-11H2,1H3,(H,19,21)/t12-,17+/m0/s1. The van der Waals surface area contributed by atoms with Crippen molar-refractivity contribution in [3.63, 3.8) is 0 Å². The molecular formula is C17H23FN2O2. The monoisotopic (exact) mass is 306 g/mol. The SMILES string of the molecule is C[C@H]1CN(C(=O)NCCc2ccccc2F)C[C@]1(O)C1CC1. The number of hydrogen-bond donors (Lipinski definition) is 2. The summed E-state index contributed by atoms with van der Waals surface area (Å²) in [5.74, 6) is 0.214. The first-order chi connectivity index (χ1) is 10.5. The molecule has 2 amide bonds. The molecule has 0 radical (unpaired) electrons. The van der Waals surface area contributed by atoms with Gasteiger partial charge in [-0.05, 0) is 36.8 Å². The molecule has 2 atom stereocenters. The first kappa shape index (κ1) is 15.3. The third-order valence-electron chi connectivity index (χ3n) is 4.99. The first-order valence-electron chi connectivity index (χ1n) is 7.99. The molecule has 0 spiro atoms. The van der Waals surface area contributed by atoms with Crippen molar-refractivity contribution in [2.24, 2.45) is 11.8 Å². The van der Waals surface area contributed by atoms with Crippen LogP contribution in [-0.4, -0.2) is 41.3 Å². The highest BCUT2D eigenvalue weighted by Gasteiger charge is 2.53. The summed E-state index contributed by atoms with van der Waals surface area (Å²) in [4.78, 5) is 13.9. The van der Waals surface area contributed by atoms with Gasteiger partial charge in [0, 0.05) is 19.0 Å². The Labute approximate surface area is 130 Å². The summed E-state index contributed by atoms with van der Waals surface area (Å²) in [6.45, 7) is 3.39. The fraction of sp³-hybridized carbons (Fsp3) is 0.588. The highest BCUT2D eigenvalue weighted by molar-refractivity contribution is 5.74. The number of rotatable bonds is 4. The van der Waals surface area contributed by atoms with Crippen molar-refractivity contribution >= 4 is 6.03 Å². The number of aliphatic hydroxyl groups is 1. The van der Waals surface area contributed by atoms with Crippen LogP contribution in [0.4, 0.5) is 9.18 Å². The van der Waals surface area contributed by atoms with Gasteiger partial charge in [0.05, 0.1) is 12.1 Å². The van der Waals surface area contributed by atoms with Crippen molar-refractivity contribution in [2.45, 2.75) is 31.8 Å². The molecule has 1 aliphatic carbocycles. The van der Waals surface area contributed by atoms with Crippen LogP contribution in [0.1, 0.15) is 25.3 Å². The Kier molecular flexibility index (Phi) is 4.08. The second-order valence-corrected chi connectivity index (χ2v) is 6.62. The molecule has 3 rings (SSSR count). The number of nitrogens with one attached hydrogen (secondary N) is 1. The number of urea groups is 1. The van der Waals surface area contributed by atoms with Gasteiger partial charge in [0.2, 0.25) is 0 Å². The van der Waals surface area contributed by atoms with Crippen LogP contribution >= 0.6 is 0 Å². The largest absolute Gasteiger partial charge is 0.387 e. The number of likely N-dealkylation sites (tertiary alicyclic amines) is 1. The van der Waals surface area contributed by atoms with Crippen LogP contribution in [0.25, 0.3) is 0 Å². The number of amides is 2. The van der Waals surface area contributed by atoms with E-state index >= 15 is 0 Å². The van der Waals surface area contributed by atoms with Gasteiger partial charge in [-0.1, -0.05) is 25.1 Å². The Morgan fingerprint density at radius 1 is 1.45 bits per heavy atom. The van der Waals surface area contributed by atoms with Crippen molar-refractivity contribution < 1.29 is 14.3 Å². The zero-order valence-corrected chi connectivity index (χ0v) is 12.9. The molecule has 1 aliphatic heterocycles. The summed E-state index contributed by atoms with van der Waals surface area (Å²) in [6, 6.07) is 6.43. The van der Waals surface area contributed by atoms with Crippen LogP contribution < -0.4 is 5.32 Å². The minimum atomic E-state index is -0.719. The summed E-state index contributed by atoms with van der Waals surface area (Å²) in [6.07, 6.45) is 2.59. The fourth-order valence-corrected chi connectivity index (χ4v) is 3.40. The number of carbonyl (C=O) groups is 1. The zero-order valence-electron chi connectivity index (χ0n) is 12.9. The molecule has 120 valence electrons. The molecule has 5 heteroatoms. The molecule has 0 aromatic heterocycles. The van der Waals surface area contributed by atoms with E-state index in [0.29, 0.717) is 37.5 Å². The minimum absolute atomic E-state index is 0.109. The summed E-state index contributed by atoms with van der Waals surface area (Å²) in [5, 5.41) is 13.5. The molecule has 22 heavy (non-hydrogen) atoms. The Bertz CT molecular complexity index is 561. The Balaban J connectivity index is 1.50. The smallest absolute Gasteiger partial charge is 0.317 e. The van der Waals surface area contributed by atoms with Crippen LogP contribution in [0, 0.1) is 17.7 Å². The molecule has 0 bridgehead atoms. The second kappa shape index (κ2) is 5.88. The quantitative estimate of drug-likeness (QED) is 0.896. The molecule has 2 N–H and O–H groups in total. The van der Waals surface area contributed by atoms with Gasteiger partial charge in [-0.2, -0.15) is 0 Å². The lowest BCUT2D eigenvalue weighted by Gasteiger charge is -2.26. The Morgan fingerprint density at radius 2 is 2.18 bits per heavy atom. The van der Waals surface area contributed by atoms with E-state index in [0.717, 1.165) is 12.8 Å². The summed E-state index contributed by atoms with van der Waals surface area (Å²) in [7, 11) is 0. The number of halogens is 1. The lowest BCUT2D eigenvalue weighted by Crippen LogP contribution is -2.43. The average molecular weight is 306 g/mol. The normalized spacial score (nSPS) is 28.0. The van der Waals surface area contributed by atoms with Gasteiger partial charge >= 0.3 is 6.03 Å². The molecule has 1 saturated carbocycles. The van der Waals surface area contributed by atoms with Crippen LogP contribution in [0.2, 0.25) is 0 Å². The van der Waals surface area contributed by atoms with Gasteiger partial charge in [-0.15, -0.1) is 0 Å². The van der Waals surface area contributed by atoms with Crippen molar-refractivity contribution in [2.75, 3.05) is 19.6 Å². The van der Waals surface area contributed by atoms with Gasteiger partial charge in [0.1, 0.15) is 5.82 Å². The zero-order chi connectivity index (χ0) is 15.7. The summed E-state index contributed by atoms with van der Waals surface area (Å²) in [5.41, 5.74) is -0.116. The van der Waals surface area contributed by atoms with Gasteiger partial charge in [0.15, 0.2) is 0 Å². The van der Waals surface area contributed by atoms with Crippen LogP contribution in [0.15, 0.2) is 24.3 Å². The van der Waals surface area contributed by atoms with Gasteiger partial charge in [-0.3, -0.25) is 0 Å². The van der Waals surface area contributed by atoms with E-state index in [4.69, 9.17) is 0 Å². The number of β-amino-alcohol motifs (C(OH)–C–C–N with tert-alkyl or cyclic N) is 1. The highest BCUT2D eigenvalue weighted by Crippen LogP contribution is 2.46. The number of carbonyl (C=O) groups excluding carboxylic acids is 1. The Hall–Kier alpha value is -1.62. The lowest BCUT2D eigenvalue weighted by atomic mass is 9.88. The predicted octanol–water partition coefficient (Wildman–Crippen LogP) is 2.17. The maximum atomic E-state index is 13.5. The molecule has 4 nitrogen and oxygen atoms in total. The summed E-state index contributed by atoms with van der Waals surface area (Å²) >= 11 is 0. The number of hydrogen-bond acceptors (Lipinski definition) is 2. The highest BCUT2D eigenvalue weighted by atomic mass is 19.1. The van der Waals surface area contributed by atoms with Crippen LogP contribution in [-0.2, 0) is 6.42 Å². The van der Waals surface area contributed by atoms with Gasteiger partial charge in [0.25, 0.3) is 0 Å². The van der Waals surface area contributed by atoms with E-state index in [1.165, 1.54) is 6.07 Å². The topological polar surface area (TPSA) is 52.6 Å². The molecular weight excluding hydrogens is 283 g/mol. The molecule has 0 unspecified atom stereocenters. The van der Waals surface area contributed by atoms with E-state index < -0.39 is 5.60 Å². The van der Waals surface area contributed by atoms with Crippen molar-refractivity contribution in [3.8, 4) is 0 Å². The molecule has 1 saturated heterocycles. The van der Waals surface area contributed by atoms with E-state index in [-0.39, 0.29) is 17.8 Å². The fourth-order valence-electron chi connectivity index (χ4n) is 3.40. The first-order valence-corrected chi connectivity index (χ1v) is 7.99. The van der Waals surface area contributed by atoms with Crippen LogP contribution in [0.3, 0.4) is 0 Å². The van der Waals surface area contributed by atoms with Crippen molar-refractivity contribution in [1.29, 1.82) is 0 Å². The maximum Gasteiger partial charge on any atom is 0.317 e. The maximum absolute atomic E-state index is 13.5. The molecule has 2 aliphatic rings. The van der Waals surface area contributed by atoms with Crippen molar-refractivity contribution in [1.82, 2.24) is 10.2 Å². The number of nitrogens with zero attached hydrogens (tertiary/aromatic N) is 1. The van der Waals surface area contributed by atoms with Gasteiger partial charge in [-0.25, -0.2) is 9.18 Å². The van der Waals surface area contributed by atoms with Crippen LogP contribution in [0.5, 0.6) is 0 Å². The van der Waals surface area contributed by atoms with E-state index in [9.17, 15) is 14.3 Å². The minimum Gasteiger partial charge on any atom is -0.387 e. The van der Waals surface area contributed by atoms with E-state index in [2.05, 4.69) is 5.32 Å². The van der Waals surface area contributed by atoms with Crippen molar-refractivity contribution in [3.05, 3.63) is 35.6 Å². The summed E-state index contributed by atoms with van der Waals surface area (Å²) < 4.78 is 13.5. The van der Waals surface area contributed by atoms with Gasteiger partial charge < -0.3 is 15.3 Å². The lowest BCUT2D eigenvalue weighted by molar-refractivity contribution is -0.00235. The third-order valence-corrected chi connectivity index (χ3v) is 4.99. The molecule has 1 aromatic carbocycles. The molecule has 1 heterocycles. The Morgan fingerprint density at radius 3 is 2.86 bits per heavy atom. The average Bonchev–Trinajstić information content (AvgIpc) is 3.29. The van der Waals surface area contributed by atoms with E-state index in [1.54, 1.807) is 23.1 Å². The van der Waals surface area contributed by atoms with E-state index in [1.807, 2.05) is 6.92 Å². The second-order valence-electron chi connectivity index (χ2n) is 6.62. The third kappa shape index (κ3) is 2.95.